The largest absolute Gasteiger partial charge is 0.478 e. The van der Waals surface area contributed by atoms with Gasteiger partial charge in [-0.05, 0) is 30.3 Å². The molecule has 0 spiro atoms. The van der Waals surface area contributed by atoms with Crippen LogP contribution >= 0.6 is 23.2 Å². The van der Waals surface area contributed by atoms with Gasteiger partial charge in [-0.15, -0.1) is 0 Å². The number of carboxylic acid groups (broad SMARTS) is 1. The van der Waals surface area contributed by atoms with Crippen LogP contribution in [0.2, 0.25) is 10.0 Å². The third-order valence-corrected chi connectivity index (χ3v) is 9.79. The van der Waals surface area contributed by atoms with E-state index in [0.29, 0.717) is 37.9 Å². The maximum Gasteiger partial charge on any atom is 0.337 e. The van der Waals surface area contributed by atoms with Gasteiger partial charge in [0.2, 0.25) is 0 Å². The lowest BCUT2D eigenvalue weighted by Gasteiger charge is -2.43. The number of piperazine rings is 1. The Hall–Kier alpha value is -3.68. The van der Waals surface area contributed by atoms with Crippen molar-refractivity contribution < 1.29 is 37.7 Å². The highest BCUT2D eigenvalue weighted by molar-refractivity contribution is 6.40. The van der Waals surface area contributed by atoms with Crippen LogP contribution in [0.5, 0.6) is 5.75 Å². The monoisotopic (exact) mass is 688 g/mol. The molecular formula is C33H32Cl2F2N4O6. The number of nitrogens with zero attached hydrogens (tertiary/aromatic N) is 4. The number of fused-ring (bicyclic) bond motifs is 1. The van der Waals surface area contributed by atoms with Gasteiger partial charge < -0.3 is 34.0 Å². The van der Waals surface area contributed by atoms with Crippen LogP contribution in [0.4, 0.5) is 20.2 Å². The number of carbonyl (C=O) groups excluding carboxylic acids is 1. The summed E-state index contributed by atoms with van der Waals surface area (Å²) in [6.07, 6.45) is 0. The molecule has 3 aromatic rings. The minimum absolute atomic E-state index is 0.0217. The molecule has 0 aliphatic carbocycles. The highest BCUT2D eigenvalue weighted by Crippen LogP contribution is 2.42. The topological polar surface area (TPSA) is 95.0 Å². The predicted octanol–water partition coefficient (Wildman–Crippen LogP) is 4.99. The minimum atomic E-state index is -1.30. The number of rotatable bonds is 6. The number of ether oxygens (including phenoxy) is 3. The average molecular weight is 690 g/mol. The molecule has 248 valence electrons. The van der Waals surface area contributed by atoms with Gasteiger partial charge in [-0.2, -0.15) is 0 Å². The van der Waals surface area contributed by atoms with E-state index in [0.717, 1.165) is 51.1 Å². The Morgan fingerprint density at radius 3 is 2.19 bits per heavy atom. The maximum atomic E-state index is 15.5. The van der Waals surface area contributed by atoms with Crippen molar-refractivity contribution in [3.63, 3.8) is 0 Å². The first-order chi connectivity index (χ1) is 22.7. The third kappa shape index (κ3) is 6.09. The highest BCUT2D eigenvalue weighted by Gasteiger charge is 2.33. The summed E-state index contributed by atoms with van der Waals surface area (Å²) in [5, 5.41) is 10.2. The second kappa shape index (κ2) is 13.1. The van der Waals surface area contributed by atoms with Crippen LogP contribution in [0.3, 0.4) is 0 Å². The number of morpholine rings is 1. The van der Waals surface area contributed by atoms with Crippen molar-refractivity contribution >= 4 is 46.5 Å². The lowest BCUT2D eigenvalue weighted by molar-refractivity contribution is -0.0660. The first-order valence-corrected chi connectivity index (χ1v) is 16.1. The summed E-state index contributed by atoms with van der Waals surface area (Å²) in [5.41, 5.74) is 1.12. The number of aromatic carboxylic acids is 1. The normalized spacial score (nSPS) is 18.9. The van der Waals surface area contributed by atoms with E-state index < -0.39 is 23.5 Å². The Labute approximate surface area is 279 Å². The van der Waals surface area contributed by atoms with Gasteiger partial charge in [0.15, 0.2) is 6.73 Å². The summed E-state index contributed by atoms with van der Waals surface area (Å²) >= 11 is 13.3. The molecule has 4 heterocycles. The molecule has 4 aliphatic rings. The Morgan fingerprint density at radius 1 is 0.851 bits per heavy atom. The van der Waals surface area contributed by atoms with E-state index in [1.807, 2.05) is 0 Å². The number of hydrogen-bond acceptors (Lipinski definition) is 8. The first-order valence-electron chi connectivity index (χ1n) is 15.4. The minimum Gasteiger partial charge on any atom is -0.478 e. The van der Waals surface area contributed by atoms with Crippen LogP contribution in [0, 0.1) is 11.6 Å². The Kier molecular flexibility index (Phi) is 8.88. The summed E-state index contributed by atoms with van der Waals surface area (Å²) in [4.78, 5) is 33.5. The molecule has 10 nitrogen and oxygen atoms in total. The molecule has 1 amide bonds. The number of hydrogen-bond donors (Lipinski definition) is 1. The molecule has 4 aliphatic heterocycles. The van der Waals surface area contributed by atoms with Crippen LogP contribution in [0.25, 0.3) is 11.1 Å². The predicted molar refractivity (Wildman–Crippen MR) is 172 cm³/mol. The van der Waals surface area contributed by atoms with Crippen LogP contribution < -0.4 is 14.5 Å². The Morgan fingerprint density at radius 2 is 1.55 bits per heavy atom. The molecule has 47 heavy (non-hydrogen) atoms. The summed E-state index contributed by atoms with van der Waals surface area (Å²) in [7, 11) is 0. The van der Waals surface area contributed by atoms with Gasteiger partial charge in [0, 0.05) is 56.1 Å². The second-order valence-electron chi connectivity index (χ2n) is 11.9. The zero-order valence-corrected chi connectivity index (χ0v) is 26.8. The molecule has 3 saturated heterocycles. The molecule has 0 atom stereocenters. The number of carboxylic acids is 1. The smallest absolute Gasteiger partial charge is 0.337 e. The number of halogens is 4. The van der Waals surface area contributed by atoms with Crippen molar-refractivity contribution in [1.29, 1.82) is 0 Å². The zero-order valence-electron chi connectivity index (χ0n) is 25.3. The van der Waals surface area contributed by atoms with Crippen molar-refractivity contribution in [1.82, 2.24) is 9.80 Å². The van der Waals surface area contributed by atoms with Gasteiger partial charge in [0.1, 0.15) is 17.4 Å². The van der Waals surface area contributed by atoms with Gasteiger partial charge in [-0.3, -0.25) is 9.69 Å². The van der Waals surface area contributed by atoms with Crippen LogP contribution in [-0.4, -0.2) is 105 Å². The van der Waals surface area contributed by atoms with E-state index in [1.54, 1.807) is 17.0 Å². The van der Waals surface area contributed by atoms with Crippen molar-refractivity contribution in [2.75, 3.05) is 82.2 Å². The SMILES string of the molecule is O=C(O)c1cc(F)c(-c2c(F)ccc3c2OCN(C(=O)c2c(Cl)cc(N4CCN(C5COC5)CC4)cc2Cl)C3)cc1N1CCOCC1. The standard InChI is InChI=1S/C33H32Cl2F2N4O6/c34-24-11-20(38-3-5-39(6-4-38)21-16-46-17-21)12-25(35)30(24)32(42)41-15-19-1-2-26(36)29(31(19)47-18-41)22-14-28(40-7-9-45-10-8-40)23(33(43)44)13-27(22)37/h1-2,11-14,21H,3-10,15-18H2,(H,43,44). The van der Waals surface area contributed by atoms with E-state index in [-0.39, 0.29) is 57.0 Å². The third-order valence-electron chi connectivity index (χ3n) is 9.20. The molecule has 14 heteroatoms. The van der Waals surface area contributed by atoms with Crippen molar-refractivity contribution in [2.24, 2.45) is 0 Å². The second-order valence-corrected chi connectivity index (χ2v) is 12.8. The summed E-state index contributed by atoms with van der Waals surface area (Å²) in [6.45, 7) is 6.18. The van der Waals surface area contributed by atoms with E-state index in [4.69, 9.17) is 37.4 Å². The molecule has 3 fully saturated rings. The zero-order chi connectivity index (χ0) is 32.8. The van der Waals surface area contributed by atoms with Crippen LogP contribution in [0.1, 0.15) is 26.3 Å². The highest BCUT2D eigenvalue weighted by atomic mass is 35.5. The van der Waals surface area contributed by atoms with E-state index in [1.165, 1.54) is 23.1 Å². The molecule has 3 aromatic carbocycles. The summed E-state index contributed by atoms with van der Waals surface area (Å²) in [5.74, 6) is -3.35. The maximum absolute atomic E-state index is 15.5. The molecule has 0 aromatic heterocycles. The summed E-state index contributed by atoms with van der Waals surface area (Å²) < 4.78 is 47.6. The molecule has 0 saturated carbocycles. The van der Waals surface area contributed by atoms with E-state index in [9.17, 15) is 14.7 Å². The number of benzene rings is 3. The Bertz CT molecular complexity index is 1700. The van der Waals surface area contributed by atoms with Crippen molar-refractivity contribution in [2.45, 2.75) is 12.6 Å². The fourth-order valence-corrected chi connectivity index (χ4v) is 7.18. The molecule has 1 N–H and O–H groups in total. The van der Waals surface area contributed by atoms with Gasteiger partial charge >= 0.3 is 5.97 Å². The lowest BCUT2D eigenvalue weighted by atomic mass is 9.96. The van der Waals surface area contributed by atoms with Gasteiger partial charge in [-0.25, -0.2) is 13.6 Å². The molecule has 0 unspecified atom stereocenters. The lowest BCUT2D eigenvalue weighted by Crippen LogP contribution is -2.56. The van der Waals surface area contributed by atoms with Gasteiger partial charge in [0.05, 0.1) is 71.4 Å². The summed E-state index contributed by atoms with van der Waals surface area (Å²) in [6, 6.07) is 8.84. The van der Waals surface area contributed by atoms with Crippen molar-refractivity contribution in [3.8, 4) is 16.9 Å². The number of carbonyl (C=O) groups is 2. The quantitative estimate of drug-likeness (QED) is 0.385. The molecule has 0 bridgehead atoms. The van der Waals surface area contributed by atoms with Crippen LogP contribution in [0.15, 0.2) is 36.4 Å². The molecule has 0 radical (unpaired) electrons. The number of amides is 1. The average Bonchev–Trinajstić information content (AvgIpc) is 3.04. The fourth-order valence-electron chi connectivity index (χ4n) is 6.54. The first kappa shape index (κ1) is 31.9. The molecular weight excluding hydrogens is 657 g/mol. The number of anilines is 2. The van der Waals surface area contributed by atoms with Gasteiger partial charge in [-0.1, -0.05) is 29.3 Å². The van der Waals surface area contributed by atoms with E-state index in [2.05, 4.69) is 9.80 Å². The van der Waals surface area contributed by atoms with Gasteiger partial charge in [0.25, 0.3) is 5.91 Å². The Balaban J connectivity index is 1.13. The van der Waals surface area contributed by atoms with E-state index >= 15 is 8.78 Å². The van der Waals surface area contributed by atoms with Crippen LogP contribution in [-0.2, 0) is 16.0 Å². The fraction of sp³-hybridized carbons (Fsp3) is 0.394. The molecule has 7 rings (SSSR count). The van der Waals surface area contributed by atoms with Crippen molar-refractivity contribution in [3.05, 3.63) is 74.8 Å².